The van der Waals surface area contributed by atoms with Crippen LogP contribution in [0, 0.1) is 10.1 Å². The Hall–Kier alpha value is -1.86. The first-order valence-electron chi connectivity index (χ1n) is 7.67. The second-order valence-corrected chi connectivity index (χ2v) is 5.71. The molecular weight excluding hydrogens is 320 g/mol. The molecule has 2 heterocycles. The van der Waals surface area contributed by atoms with E-state index in [-0.39, 0.29) is 35.0 Å². The van der Waals surface area contributed by atoms with Crippen molar-refractivity contribution in [2.75, 3.05) is 37.6 Å². The van der Waals surface area contributed by atoms with Crippen molar-refractivity contribution in [2.45, 2.75) is 18.9 Å². The monoisotopic (exact) mass is 340 g/mol. The number of hydrogen-bond donors (Lipinski definition) is 1. The number of nitro benzene ring substituents is 1. The minimum atomic E-state index is -0.352. The van der Waals surface area contributed by atoms with Crippen LogP contribution < -0.4 is 10.2 Å². The Morgan fingerprint density at radius 2 is 1.91 bits per heavy atom. The third kappa shape index (κ3) is 3.73. The van der Waals surface area contributed by atoms with Crippen LogP contribution in [0.5, 0.6) is 0 Å². The maximum absolute atomic E-state index is 12.4. The predicted octanol–water partition coefficient (Wildman–Crippen LogP) is 1.42. The van der Waals surface area contributed by atoms with E-state index in [1.165, 1.54) is 6.07 Å². The topological polar surface area (TPSA) is 78.7 Å². The Morgan fingerprint density at radius 3 is 2.52 bits per heavy atom. The molecule has 2 aliphatic rings. The molecule has 1 N–H and O–H groups in total. The van der Waals surface area contributed by atoms with Gasteiger partial charge >= 0.3 is 0 Å². The molecule has 1 aromatic carbocycles. The number of halogens is 1. The molecule has 126 valence electrons. The van der Waals surface area contributed by atoms with E-state index in [0.29, 0.717) is 31.9 Å². The summed E-state index contributed by atoms with van der Waals surface area (Å²) in [5.41, 5.74) is 0.762. The van der Waals surface area contributed by atoms with Gasteiger partial charge < -0.3 is 15.1 Å². The van der Waals surface area contributed by atoms with Crippen molar-refractivity contribution in [3.8, 4) is 0 Å². The highest BCUT2D eigenvalue weighted by Gasteiger charge is 2.30. The van der Waals surface area contributed by atoms with E-state index in [0.717, 1.165) is 19.4 Å². The quantitative estimate of drug-likeness (QED) is 0.665. The van der Waals surface area contributed by atoms with Gasteiger partial charge in [-0.15, -0.1) is 12.4 Å². The van der Waals surface area contributed by atoms with E-state index in [1.807, 2.05) is 15.9 Å². The number of piperazine rings is 1. The molecule has 0 bridgehead atoms. The SMILES string of the molecule is Cl.O=C(C1CCCN1)N1CCN(c2ccccc2[N+](=O)[O-])CC1. The molecule has 0 radical (unpaired) electrons. The fourth-order valence-corrected chi connectivity index (χ4v) is 3.17. The lowest BCUT2D eigenvalue weighted by molar-refractivity contribution is -0.384. The molecule has 0 spiro atoms. The van der Waals surface area contributed by atoms with Gasteiger partial charge in [0, 0.05) is 32.2 Å². The zero-order valence-electron chi connectivity index (χ0n) is 12.8. The largest absolute Gasteiger partial charge is 0.362 e. The normalized spacial score (nSPS) is 21.0. The number of nitrogens with one attached hydrogen (secondary N) is 1. The molecule has 3 rings (SSSR count). The molecule has 8 heteroatoms. The van der Waals surface area contributed by atoms with E-state index in [1.54, 1.807) is 12.1 Å². The van der Waals surface area contributed by atoms with Crippen LogP contribution in [0.3, 0.4) is 0 Å². The Bertz CT molecular complexity index is 570. The number of benzene rings is 1. The van der Waals surface area contributed by atoms with Crippen molar-refractivity contribution in [1.29, 1.82) is 0 Å². The minimum Gasteiger partial charge on any atom is -0.362 e. The summed E-state index contributed by atoms with van der Waals surface area (Å²) >= 11 is 0. The molecule has 2 fully saturated rings. The third-order valence-corrected chi connectivity index (χ3v) is 4.37. The van der Waals surface area contributed by atoms with Crippen LogP contribution in [0.1, 0.15) is 12.8 Å². The van der Waals surface area contributed by atoms with E-state index < -0.39 is 0 Å². The maximum Gasteiger partial charge on any atom is 0.292 e. The van der Waals surface area contributed by atoms with Gasteiger partial charge in [-0.1, -0.05) is 12.1 Å². The number of hydrogen-bond acceptors (Lipinski definition) is 5. The van der Waals surface area contributed by atoms with E-state index in [9.17, 15) is 14.9 Å². The molecule has 23 heavy (non-hydrogen) atoms. The van der Waals surface area contributed by atoms with Crippen LogP contribution in [0.2, 0.25) is 0 Å². The highest BCUT2D eigenvalue weighted by Crippen LogP contribution is 2.28. The average Bonchev–Trinajstić information content (AvgIpc) is 3.09. The van der Waals surface area contributed by atoms with Crippen LogP contribution in [0.15, 0.2) is 24.3 Å². The summed E-state index contributed by atoms with van der Waals surface area (Å²) < 4.78 is 0. The van der Waals surface area contributed by atoms with E-state index in [4.69, 9.17) is 0 Å². The van der Waals surface area contributed by atoms with Gasteiger partial charge in [0.15, 0.2) is 0 Å². The summed E-state index contributed by atoms with van der Waals surface area (Å²) in [6, 6.07) is 6.73. The molecule has 1 unspecified atom stereocenters. The second-order valence-electron chi connectivity index (χ2n) is 5.71. The van der Waals surface area contributed by atoms with Gasteiger partial charge in [0.2, 0.25) is 5.91 Å². The second kappa shape index (κ2) is 7.61. The van der Waals surface area contributed by atoms with E-state index >= 15 is 0 Å². The van der Waals surface area contributed by atoms with Crippen molar-refractivity contribution in [2.24, 2.45) is 0 Å². The molecule has 0 saturated carbocycles. The zero-order valence-corrected chi connectivity index (χ0v) is 13.6. The number of nitro groups is 1. The highest BCUT2D eigenvalue weighted by atomic mass is 35.5. The Morgan fingerprint density at radius 1 is 1.22 bits per heavy atom. The standard InChI is InChI=1S/C15H20N4O3.ClH/c20-15(12-4-3-7-16-12)18-10-8-17(9-11-18)13-5-1-2-6-14(13)19(21)22;/h1-2,5-6,12,16H,3-4,7-11H2;1H. The first-order valence-corrected chi connectivity index (χ1v) is 7.67. The number of nitrogens with zero attached hydrogens (tertiary/aromatic N) is 3. The molecule has 2 saturated heterocycles. The number of carbonyl (C=O) groups excluding carboxylic acids is 1. The van der Waals surface area contributed by atoms with Crippen molar-refractivity contribution < 1.29 is 9.72 Å². The minimum absolute atomic E-state index is 0. The zero-order chi connectivity index (χ0) is 15.5. The number of rotatable bonds is 3. The lowest BCUT2D eigenvalue weighted by Gasteiger charge is -2.36. The third-order valence-electron chi connectivity index (χ3n) is 4.37. The number of amides is 1. The first-order chi connectivity index (χ1) is 10.7. The first kappa shape index (κ1) is 17.5. The fraction of sp³-hybridized carbons (Fsp3) is 0.533. The van der Waals surface area contributed by atoms with E-state index in [2.05, 4.69) is 5.32 Å². The van der Waals surface area contributed by atoms with Crippen LogP contribution in [0.4, 0.5) is 11.4 Å². The van der Waals surface area contributed by atoms with Crippen molar-refractivity contribution in [3.63, 3.8) is 0 Å². The maximum atomic E-state index is 12.4. The van der Waals surface area contributed by atoms with Crippen molar-refractivity contribution in [1.82, 2.24) is 10.2 Å². The summed E-state index contributed by atoms with van der Waals surface area (Å²) in [4.78, 5) is 27.0. The molecule has 1 amide bonds. The Balaban J connectivity index is 0.00000192. The lowest BCUT2D eigenvalue weighted by Crippen LogP contribution is -2.53. The van der Waals surface area contributed by atoms with Crippen molar-refractivity contribution >= 4 is 29.7 Å². The van der Waals surface area contributed by atoms with Crippen LogP contribution in [0.25, 0.3) is 0 Å². The summed E-state index contributed by atoms with van der Waals surface area (Å²) in [5.74, 6) is 0.166. The lowest BCUT2D eigenvalue weighted by atomic mass is 10.1. The van der Waals surface area contributed by atoms with Crippen LogP contribution in [-0.4, -0.2) is 54.5 Å². The van der Waals surface area contributed by atoms with Crippen molar-refractivity contribution in [3.05, 3.63) is 34.4 Å². The summed E-state index contributed by atoms with van der Waals surface area (Å²) in [5, 5.41) is 14.3. The molecule has 0 aliphatic carbocycles. The van der Waals surface area contributed by atoms with Crippen LogP contribution in [-0.2, 0) is 4.79 Å². The summed E-state index contributed by atoms with van der Waals surface area (Å²) in [6.07, 6.45) is 1.95. The Kier molecular flexibility index (Phi) is 5.79. The highest BCUT2D eigenvalue weighted by molar-refractivity contribution is 5.85. The van der Waals surface area contributed by atoms with Gasteiger partial charge in [-0.25, -0.2) is 0 Å². The molecule has 1 atom stereocenters. The van der Waals surface area contributed by atoms with Gasteiger partial charge in [0.25, 0.3) is 5.69 Å². The Labute approximate surface area is 141 Å². The van der Waals surface area contributed by atoms with Gasteiger partial charge in [-0.3, -0.25) is 14.9 Å². The summed E-state index contributed by atoms with van der Waals surface area (Å²) in [6.45, 7) is 3.39. The van der Waals surface area contributed by atoms with Gasteiger partial charge in [-0.2, -0.15) is 0 Å². The summed E-state index contributed by atoms with van der Waals surface area (Å²) in [7, 11) is 0. The smallest absolute Gasteiger partial charge is 0.292 e. The molecule has 7 nitrogen and oxygen atoms in total. The van der Waals surface area contributed by atoms with Gasteiger partial charge in [0.1, 0.15) is 5.69 Å². The average molecular weight is 341 g/mol. The van der Waals surface area contributed by atoms with Crippen LogP contribution >= 0.6 is 12.4 Å². The molecule has 1 aromatic rings. The van der Waals surface area contributed by atoms with Gasteiger partial charge in [0.05, 0.1) is 11.0 Å². The molecule has 2 aliphatic heterocycles. The fourth-order valence-electron chi connectivity index (χ4n) is 3.17. The molecular formula is C15H21ClN4O3. The number of carbonyl (C=O) groups is 1. The molecule has 0 aromatic heterocycles. The number of para-hydroxylation sites is 2. The predicted molar refractivity (Wildman–Crippen MR) is 90.2 cm³/mol. The van der Waals surface area contributed by atoms with Gasteiger partial charge in [-0.05, 0) is 25.5 Å². The number of anilines is 1.